The molecule has 184 valence electrons. The van der Waals surface area contributed by atoms with Gasteiger partial charge >= 0.3 is 5.97 Å². The lowest BCUT2D eigenvalue weighted by atomic mass is 9.80. The topological polar surface area (TPSA) is 102 Å². The Labute approximate surface area is 212 Å². The number of hydrogen-bond acceptors (Lipinski definition) is 6. The van der Waals surface area contributed by atoms with E-state index in [9.17, 15) is 19.2 Å². The maximum atomic E-state index is 12.9. The van der Waals surface area contributed by atoms with Crippen LogP contribution in [0.5, 0.6) is 5.75 Å². The lowest BCUT2D eigenvalue weighted by Gasteiger charge is -2.28. The molecule has 3 amide bonds. The van der Waals surface area contributed by atoms with Crippen LogP contribution in [-0.2, 0) is 19.1 Å². The smallest absolute Gasteiger partial charge is 0.338 e. The van der Waals surface area contributed by atoms with Gasteiger partial charge in [0.05, 0.1) is 40.4 Å². The van der Waals surface area contributed by atoms with E-state index >= 15 is 0 Å². The number of nitrogens with one attached hydrogen (secondary N) is 1. The number of hydrogen-bond donors (Lipinski definition) is 1. The van der Waals surface area contributed by atoms with Gasteiger partial charge in [-0.25, -0.2) is 4.79 Å². The van der Waals surface area contributed by atoms with E-state index in [1.165, 1.54) is 24.3 Å². The fourth-order valence-corrected chi connectivity index (χ4v) is 4.90. The fraction of sp³-hybridized carbons (Fsp3) is 0.360. The van der Waals surface area contributed by atoms with Crippen LogP contribution in [0.4, 0.5) is 11.4 Å². The summed E-state index contributed by atoms with van der Waals surface area (Å²) in [6.45, 7) is 1.94. The predicted octanol–water partition coefficient (Wildman–Crippen LogP) is 4.00. The van der Waals surface area contributed by atoms with Crippen molar-refractivity contribution >= 4 is 58.3 Å². The molecule has 1 heterocycles. The van der Waals surface area contributed by atoms with Gasteiger partial charge in [-0.3, -0.25) is 19.3 Å². The highest BCUT2D eigenvalue weighted by atomic mass is 35.5. The van der Waals surface area contributed by atoms with Crippen molar-refractivity contribution in [1.29, 1.82) is 0 Å². The monoisotopic (exact) mass is 518 g/mol. The predicted molar refractivity (Wildman–Crippen MR) is 131 cm³/mol. The normalized spacial score (nSPS) is 23.6. The third-order valence-corrected chi connectivity index (χ3v) is 7.15. The Morgan fingerprint density at radius 3 is 2.06 bits per heavy atom. The summed E-state index contributed by atoms with van der Waals surface area (Å²) < 4.78 is 10.4. The molecule has 35 heavy (non-hydrogen) atoms. The SMILES string of the molecule is CCOc1ccc(NC(=O)COC(=O)c2ccc(N3C(=O)[C@H]4C[C@@H](Cl)[C@@H](Cl)C[C@H]4C3=O)cc2)cc1. The highest BCUT2D eigenvalue weighted by Crippen LogP contribution is 2.43. The fourth-order valence-electron chi connectivity index (χ4n) is 4.31. The van der Waals surface area contributed by atoms with Gasteiger partial charge < -0.3 is 14.8 Å². The molecule has 0 bridgehead atoms. The molecule has 2 fully saturated rings. The molecule has 1 aliphatic carbocycles. The average molecular weight is 519 g/mol. The molecular weight excluding hydrogens is 495 g/mol. The number of rotatable bonds is 7. The van der Waals surface area contributed by atoms with Crippen molar-refractivity contribution in [3.63, 3.8) is 0 Å². The van der Waals surface area contributed by atoms with E-state index < -0.39 is 30.3 Å². The Bertz CT molecular complexity index is 1090. The summed E-state index contributed by atoms with van der Waals surface area (Å²) in [6, 6.07) is 12.7. The molecule has 0 unspecified atom stereocenters. The Hall–Kier alpha value is -3.10. The van der Waals surface area contributed by atoms with E-state index in [1.807, 2.05) is 6.92 Å². The summed E-state index contributed by atoms with van der Waals surface area (Å²) in [5.41, 5.74) is 1.08. The van der Waals surface area contributed by atoms with Crippen LogP contribution < -0.4 is 15.0 Å². The molecular formula is C25H24Cl2N2O6. The van der Waals surface area contributed by atoms with Gasteiger partial charge in [0.1, 0.15) is 5.75 Å². The minimum Gasteiger partial charge on any atom is -0.494 e. The van der Waals surface area contributed by atoms with Gasteiger partial charge in [0.25, 0.3) is 5.91 Å². The molecule has 2 aromatic carbocycles. The standard InChI is InChI=1S/C25H24Cl2N2O6/c1-2-34-17-9-5-15(6-10-17)28-22(30)13-35-25(33)14-3-7-16(8-4-14)29-23(31)18-11-20(26)21(27)12-19(18)24(29)32/h3-10,18-21H,2,11-13H2,1H3,(H,28,30)/t18-,19+,20+,21-. The van der Waals surface area contributed by atoms with Crippen LogP contribution in [0.1, 0.15) is 30.1 Å². The molecule has 1 saturated heterocycles. The molecule has 1 aliphatic heterocycles. The number of fused-ring (bicyclic) bond motifs is 1. The average Bonchev–Trinajstić information content (AvgIpc) is 3.08. The number of benzene rings is 2. The zero-order valence-electron chi connectivity index (χ0n) is 18.9. The molecule has 2 aromatic rings. The van der Waals surface area contributed by atoms with Crippen LogP contribution >= 0.6 is 23.2 Å². The van der Waals surface area contributed by atoms with Crippen molar-refractivity contribution in [1.82, 2.24) is 0 Å². The number of ether oxygens (including phenoxy) is 2. The number of carbonyl (C=O) groups excluding carboxylic acids is 4. The van der Waals surface area contributed by atoms with Gasteiger partial charge in [0.15, 0.2) is 6.61 Å². The Morgan fingerprint density at radius 1 is 0.943 bits per heavy atom. The first kappa shape index (κ1) is 25.0. The van der Waals surface area contributed by atoms with E-state index in [0.29, 0.717) is 36.6 Å². The van der Waals surface area contributed by atoms with E-state index in [2.05, 4.69) is 5.32 Å². The van der Waals surface area contributed by atoms with Crippen molar-refractivity contribution in [2.24, 2.45) is 11.8 Å². The van der Waals surface area contributed by atoms with E-state index in [1.54, 1.807) is 24.3 Å². The van der Waals surface area contributed by atoms with Crippen LogP contribution in [0.2, 0.25) is 0 Å². The largest absolute Gasteiger partial charge is 0.494 e. The number of carbonyl (C=O) groups is 4. The second kappa shape index (κ2) is 10.7. The van der Waals surface area contributed by atoms with Crippen LogP contribution in [0, 0.1) is 11.8 Å². The minimum atomic E-state index is -0.707. The molecule has 1 saturated carbocycles. The lowest BCUT2D eigenvalue weighted by molar-refractivity contribution is -0.122. The first-order valence-corrected chi connectivity index (χ1v) is 12.1. The first-order valence-electron chi connectivity index (χ1n) is 11.2. The molecule has 8 nitrogen and oxygen atoms in total. The second-order valence-corrected chi connectivity index (χ2v) is 9.48. The number of amides is 3. The molecule has 4 rings (SSSR count). The van der Waals surface area contributed by atoms with E-state index in [0.717, 1.165) is 4.90 Å². The summed E-state index contributed by atoms with van der Waals surface area (Å²) in [5.74, 6) is -2.11. The maximum absolute atomic E-state index is 12.9. The molecule has 0 aromatic heterocycles. The lowest BCUT2D eigenvalue weighted by Crippen LogP contribution is -2.34. The highest BCUT2D eigenvalue weighted by molar-refractivity contribution is 6.31. The quantitative estimate of drug-likeness (QED) is 0.337. The van der Waals surface area contributed by atoms with Gasteiger partial charge in [-0.1, -0.05) is 0 Å². The third-order valence-electron chi connectivity index (χ3n) is 6.06. The molecule has 1 N–H and O–H groups in total. The Morgan fingerprint density at radius 2 is 1.51 bits per heavy atom. The van der Waals surface area contributed by atoms with Crippen molar-refractivity contribution in [2.45, 2.75) is 30.5 Å². The zero-order valence-corrected chi connectivity index (χ0v) is 20.4. The number of imide groups is 1. The zero-order chi connectivity index (χ0) is 25.1. The van der Waals surface area contributed by atoms with Crippen LogP contribution in [0.15, 0.2) is 48.5 Å². The molecule has 10 heteroatoms. The van der Waals surface area contributed by atoms with Crippen molar-refractivity contribution < 1.29 is 28.7 Å². The number of halogens is 2. The second-order valence-electron chi connectivity index (χ2n) is 8.36. The van der Waals surface area contributed by atoms with Crippen molar-refractivity contribution in [2.75, 3.05) is 23.4 Å². The van der Waals surface area contributed by atoms with E-state index in [4.69, 9.17) is 32.7 Å². The van der Waals surface area contributed by atoms with Gasteiger partial charge in [0, 0.05) is 5.69 Å². The Kier molecular flexibility index (Phi) is 7.62. The molecule has 4 atom stereocenters. The number of esters is 1. The molecule has 0 spiro atoms. The summed E-state index contributed by atoms with van der Waals surface area (Å²) >= 11 is 12.4. The van der Waals surface area contributed by atoms with Gasteiger partial charge in [-0.05, 0) is 68.3 Å². The van der Waals surface area contributed by atoms with Crippen molar-refractivity contribution in [3.05, 3.63) is 54.1 Å². The summed E-state index contributed by atoms with van der Waals surface area (Å²) in [4.78, 5) is 51.3. The third kappa shape index (κ3) is 5.44. The maximum Gasteiger partial charge on any atom is 0.338 e. The summed E-state index contributed by atoms with van der Waals surface area (Å²) in [5, 5.41) is 1.91. The highest BCUT2D eigenvalue weighted by Gasteiger charge is 2.52. The summed E-state index contributed by atoms with van der Waals surface area (Å²) in [7, 11) is 0. The number of alkyl halides is 2. The number of anilines is 2. The molecule has 2 aliphatic rings. The van der Waals surface area contributed by atoms with Crippen LogP contribution in [0.3, 0.4) is 0 Å². The summed E-state index contributed by atoms with van der Waals surface area (Å²) in [6.07, 6.45) is 0.704. The van der Waals surface area contributed by atoms with Crippen molar-refractivity contribution in [3.8, 4) is 5.75 Å². The van der Waals surface area contributed by atoms with Gasteiger partial charge in [0.2, 0.25) is 11.8 Å². The molecule has 0 radical (unpaired) electrons. The van der Waals surface area contributed by atoms with Crippen LogP contribution in [-0.4, -0.2) is 47.7 Å². The van der Waals surface area contributed by atoms with E-state index in [-0.39, 0.29) is 28.1 Å². The first-order chi connectivity index (χ1) is 16.8. The number of nitrogens with zero attached hydrogens (tertiary/aromatic N) is 1. The minimum absolute atomic E-state index is 0.181. The van der Waals surface area contributed by atoms with Gasteiger partial charge in [-0.15, -0.1) is 23.2 Å². The van der Waals surface area contributed by atoms with Gasteiger partial charge in [-0.2, -0.15) is 0 Å². The Balaban J connectivity index is 1.33. The van der Waals surface area contributed by atoms with Crippen LogP contribution in [0.25, 0.3) is 0 Å².